The maximum atomic E-state index is 6.07. The van der Waals surface area contributed by atoms with Crippen molar-refractivity contribution in [3.63, 3.8) is 0 Å². The van der Waals surface area contributed by atoms with Crippen molar-refractivity contribution < 1.29 is 4.84 Å². The average Bonchev–Trinajstić information content (AvgIpc) is 2.53. The van der Waals surface area contributed by atoms with E-state index >= 15 is 0 Å². The highest BCUT2D eigenvalue weighted by Gasteiger charge is 2.01. The molecule has 0 spiro atoms. The largest absolute Gasteiger partial charge is 0.391 e. The third-order valence-corrected chi connectivity index (χ3v) is 3.89. The van der Waals surface area contributed by atoms with Crippen molar-refractivity contribution in [1.29, 1.82) is 0 Å². The van der Waals surface area contributed by atoms with E-state index in [1.807, 2.05) is 24.3 Å². The molecule has 0 saturated carbocycles. The minimum Gasteiger partial charge on any atom is -0.391 e. The minimum absolute atomic E-state index is 0.406. The summed E-state index contributed by atoms with van der Waals surface area (Å²) in [4.78, 5) is 5.39. The average molecular weight is 330 g/mol. The van der Waals surface area contributed by atoms with Gasteiger partial charge in [0.15, 0.2) is 0 Å². The van der Waals surface area contributed by atoms with Gasteiger partial charge in [0.05, 0.1) is 11.2 Å². The minimum atomic E-state index is 0.406. The maximum Gasteiger partial charge on any atom is 0.142 e. The number of halogens is 2. The van der Waals surface area contributed by atoms with E-state index < -0.39 is 0 Å². The van der Waals surface area contributed by atoms with Crippen molar-refractivity contribution in [2.24, 2.45) is 5.16 Å². The summed E-state index contributed by atoms with van der Waals surface area (Å²) in [7, 11) is 0. The fourth-order valence-corrected chi connectivity index (χ4v) is 2.68. The Labute approximate surface area is 138 Å². The van der Waals surface area contributed by atoms with E-state index in [-0.39, 0.29) is 0 Å². The van der Waals surface area contributed by atoms with E-state index in [2.05, 4.69) is 23.4 Å². The lowest BCUT2D eigenvalue weighted by Crippen LogP contribution is -1.90. The molecule has 0 N–H and O–H groups in total. The van der Waals surface area contributed by atoms with Gasteiger partial charge in [-0.1, -0.05) is 76.9 Å². The van der Waals surface area contributed by atoms with Crippen LogP contribution in [0.4, 0.5) is 0 Å². The molecule has 0 aliphatic heterocycles. The molecule has 3 aromatic rings. The molecule has 22 heavy (non-hydrogen) atoms. The van der Waals surface area contributed by atoms with Crippen LogP contribution in [0.2, 0.25) is 10.0 Å². The normalized spacial score (nSPS) is 11.2. The number of benzene rings is 3. The smallest absolute Gasteiger partial charge is 0.142 e. The molecule has 0 fully saturated rings. The molecular formula is C18H13Cl2NO. The lowest BCUT2D eigenvalue weighted by molar-refractivity contribution is 0.133. The van der Waals surface area contributed by atoms with Gasteiger partial charge < -0.3 is 4.84 Å². The Morgan fingerprint density at radius 3 is 2.64 bits per heavy atom. The molecule has 0 amide bonds. The lowest BCUT2D eigenvalue weighted by Gasteiger charge is -2.05. The van der Waals surface area contributed by atoms with Crippen LogP contribution in [0.5, 0.6) is 0 Å². The topological polar surface area (TPSA) is 21.6 Å². The lowest BCUT2D eigenvalue weighted by atomic mass is 10.1. The van der Waals surface area contributed by atoms with Gasteiger partial charge in [0.1, 0.15) is 6.61 Å². The van der Waals surface area contributed by atoms with E-state index in [4.69, 9.17) is 28.0 Å². The number of oxime groups is 1. The number of fused-ring (bicyclic) bond motifs is 1. The molecule has 0 heterocycles. The molecule has 0 bridgehead atoms. The summed E-state index contributed by atoms with van der Waals surface area (Å²) in [6, 6.07) is 19.6. The van der Waals surface area contributed by atoms with E-state index in [0.29, 0.717) is 16.7 Å². The molecule has 2 nitrogen and oxygen atoms in total. The molecule has 4 heteroatoms. The first-order valence-electron chi connectivity index (χ1n) is 6.81. The van der Waals surface area contributed by atoms with Gasteiger partial charge >= 0.3 is 0 Å². The van der Waals surface area contributed by atoms with Crippen LogP contribution < -0.4 is 0 Å². The summed E-state index contributed by atoms with van der Waals surface area (Å²) < 4.78 is 0. The first-order valence-corrected chi connectivity index (χ1v) is 7.56. The second kappa shape index (κ2) is 6.82. The Morgan fingerprint density at radius 2 is 1.77 bits per heavy atom. The zero-order valence-corrected chi connectivity index (χ0v) is 13.2. The fourth-order valence-electron chi connectivity index (χ4n) is 2.23. The highest BCUT2D eigenvalue weighted by molar-refractivity contribution is 6.36. The Balaban J connectivity index is 1.71. The molecule has 3 rings (SSSR count). The molecule has 0 aromatic heterocycles. The number of hydrogen-bond acceptors (Lipinski definition) is 2. The third-order valence-electron chi connectivity index (χ3n) is 3.33. The van der Waals surface area contributed by atoms with Crippen LogP contribution in [0.3, 0.4) is 0 Å². The Morgan fingerprint density at radius 1 is 0.955 bits per heavy atom. The van der Waals surface area contributed by atoms with Crippen LogP contribution in [0.25, 0.3) is 10.8 Å². The summed E-state index contributed by atoms with van der Waals surface area (Å²) in [5.74, 6) is 0. The molecule has 0 aliphatic rings. The molecule has 3 aromatic carbocycles. The van der Waals surface area contributed by atoms with Gasteiger partial charge in [0.25, 0.3) is 0 Å². The summed E-state index contributed by atoms with van der Waals surface area (Å²) in [5.41, 5.74) is 1.86. The number of nitrogens with zero attached hydrogens (tertiary/aromatic N) is 1. The maximum absolute atomic E-state index is 6.07. The van der Waals surface area contributed by atoms with Crippen LogP contribution in [0.15, 0.2) is 65.8 Å². The Bertz CT molecular complexity index is 825. The van der Waals surface area contributed by atoms with Crippen molar-refractivity contribution in [3.05, 3.63) is 81.8 Å². The van der Waals surface area contributed by atoms with Crippen molar-refractivity contribution >= 4 is 40.2 Å². The standard InChI is InChI=1S/C18H13Cl2NO/c19-16-9-8-14(18(20)10-16)11-21-22-12-15-6-3-5-13-4-1-2-7-17(13)15/h1-11H,12H2/b21-11+. The fraction of sp³-hybridized carbons (Fsp3) is 0.0556. The van der Waals surface area contributed by atoms with Gasteiger partial charge in [0, 0.05) is 10.6 Å². The van der Waals surface area contributed by atoms with Crippen LogP contribution >= 0.6 is 23.2 Å². The monoisotopic (exact) mass is 329 g/mol. The Hall–Kier alpha value is -2.03. The Kier molecular flexibility index (Phi) is 4.62. The molecule has 110 valence electrons. The zero-order chi connectivity index (χ0) is 15.4. The summed E-state index contributed by atoms with van der Waals surface area (Å²) in [6.45, 7) is 0.406. The highest BCUT2D eigenvalue weighted by Crippen LogP contribution is 2.20. The predicted octanol–water partition coefficient (Wildman–Crippen LogP) is 5.70. The van der Waals surface area contributed by atoms with Gasteiger partial charge in [0.2, 0.25) is 0 Å². The van der Waals surface area contributed by atoms with Gasteiger partial charge in [-0.05, 0) is 28.5 Å². The first-order chi connectivity index (χ1) is 10.7. The van der Waals surface area contributed by atoms with E-state index in [1.165, 1.54) is 10.8 Å². The predicted molar refractivity (Wildman–Crippen MR) is 92.8 cm³/mol. The van der Waals surface area contributed by atoms with Crippen molar-refractivity contribution in [2.45, 2.75) is 6.61 Å². The number of hydrogen-bond donors (Lipinski definition) is 0. The number of rotatable bonds is 4. The van der Waals surface area contributed by atoms with E-state index in [1.54, 1.807) is 24.4 Å². The zero-order valence-electron chi connectivity index (χ0n) is 11.7. The second-order valence-electron chi connectivity index (χ2n) is 4.81. The molecule has 0 aliphatic carbocycles. The van der Waals surface area contributed by atoms with Gasteiger partial charge in [-0.25, -0.2) is 0 Å². The van der Waals surface area contributed by atoms with Crippen LogP contribution in [0.1, 0.15) is 11.1 Å². The molecule has 0 atom stereocenters. The summed E-state index contributed by atoms with van der Waals surface area (Å²) in [6.07, 6.45) is 1.59. The van der Waals surface area contributed by atoms with E-state index in [0.717, 1.165) is 11.1 Å². The molecule has 0 radical (unpaired) electrons. The summed E-state index contributed by atoms with van der Waals surface area (Å²) >= 11 is 11.9. The van der Waals surface area contributed by atoms with Crippen molar-refractivity contribution in [1.82, 2.24) is 0 Å². The van der Waals surface area contributed by atoms with Gasteiger partial charge in [-0.3, -0.25) is 0 Å². The van der Waals surface area contributed by atoms with Crippen LogP contribution in [-0.2, 0) is 11.4 Å². The molecule has 0 unspecified atom stereocenters. The second-order valence-corrected chi connectivity index (χ2v) is 5.66. The van der Waals surface area contributed by atoms with Gasteiger partial charge in [-0.2, -0.15) is 0 Å². The molecule has 0 saturated heterocycles. The quantitative estimate of drug-likeness (QED) is 0.444. The SMILES string of the molecule is Clc1ccc(/C=N/OCc2cccc3ccccc23)c(Cl)c1. The van der Waals surface area contributed by atoms with Crippen LogP contribution in [0, 0.1) is 0 Å². The molecular weight excluding hydrogens is 317 g/mol. The summed E-state index contributed by atoms with van der Waals surface area (Å²) in [5, 5.41) is 7.48. The van der Waals surface area contributed by atoms with Crippen LogP contribution in [-0.4, -0.2) is 6.21 Å². The van der Waals surface area contributed by atoms with Crippen molar-refractivity contribution in [2.75, 3.05) is 0 Å². The van der Waals surface area contributed by atoms with E-state index in [9.17, 15) is 0 Å². The third kappa shape index (κ3) is 3.41. The van der Waals surface area contributed by atoms with Crippen molar-refractivity contribution in [3.8, 4) is 0 Å². The van der Waals surface area contributed by atoms with Gasteiger partial charge in [-0.15, -0.1) is 0 Å². The first kappa shape index (κ1) is 14.9. The highest BCUT2D eigenvalue weighted by atomic mass is 35.5.